The maximum atomic E-state index is 12.7. The Morgan fingerprint density at radius 1 is 0.542 bits per heavy atom. The van der Waals surface area contributed by atoms with Gasteiger partial charge in [0.2, 0.25) is 0 Å². The summed E-state index contributed by atoms with van der Waals surface area (Å²) in [5, 5.41) is 0. The fraction of sp³-hybridized carbons (Fsp3) is 0.820. The van der Waals surface area contributed by atoms with E-state index >= 15 is 0 Å². The Kier molecular flexibility index (Phi) is 42.0. The molecule has 0 aliphatic heterocycles. The maximum Gasteiger partial charge on any atom is 0.306 e. The highest BCUT2D eigenvalue weighted by Gasteiger charge is 2.20. The molecule has 0 aromatic carbocycles. The molecule has 2 unspecified atom stereocenters. The molecule has 0 saturated carbocycles. The van der Waals surface area contributed by atoms with Crippen molar-refractivity contribution < 1.29 is 37.3 Å². The van der Waals surface area contributed by atoms with Crippen molar-refractivity contribution in [3.63, 3.8) is 0 Å². The van der Waals surface area contributed by atoms with Crippen LogP contribution in [0.5, 0.6) is 0 Å². The Labute approximate surface area is 365 Å². The van der Waals surface area contributed by atoms with Crippen LogP contribution in [0.25, 0.3) is 0 Å². The van der Waals surface area contributed by atoms with Crippen molar-refractivity contribution >= 4 is 13.8 Å². The SMILES string of the molecule is CC/C=C\C/C=C\C/C=C\C/C=C\CCCCCCCOCC(COP(=O)([O-])OCC[N+](C)(C)C)OC(=O)CCCCCCCCCCCCCCCCCCCCC. The number of hydrogen-bond donors (Lipinski definition) is 0. The molecule has 2 atom stereocenters. The number of hydrogen-bond acceptors (Lipinski definition) is 7. The second-order valence-corrected chi connectivity index (χ2v) is 18.9. The number of carbonyl (C=O) groups excluding carboxylic acids is 1. The third kappa shape index (κ3) is 47.4. The number of likely N-dealkylation sites (N-methyl/N-ethyl adjacent to an activating group) is 1. The van der Waals surface area contributed by atoms with Gasteiger partial charge in [0.15, 0.2) is 0 Å². The molecule has 0 N–H and O–H groups in total. The van der Waals surface area contributed by atoms with Gasteiger partial charge in [-0.25, -0.2) is 0 Å². The first kappa shape index (κ1) is 57.5. The number of allylic oxidation sites excluding steroid dienone is 8. The van der Waals surface area contributed by atoms with E-state index in [0.717, 1.165) is 70.6 Å². The molecule has 59 heavy (non-hydrogen) atoms. The van der Waals surface area contributed by atoms with Gasteiger partial charge in [0.1, 0.15) is 19.3 Å². The van der Waals surface area contributed by atoms with Gasteiger partial charge in [0.05, 0.1) is 34.4 Å². The van der Waals surface area contributed by atoms with Crippen molar-refractivity contribution in [2.45, 2.75) is 213 Å². The van der Waals surface area contributed by atoms with Crippen molar-refractivity contribution in [2.24, 2.45) is 0 Å². The first-order chi connectivity index (χ1) is 28.6. The molecule has 0 rings (SSSR count). The molecule has 346 valence electrons. The molecule has 0 fully saturated rings. The van der Waals surface area contributed by atoms with Gasteiger partial charge in [0.25, 0.3) is 7.82 Å². The Morgan fingerprint density at radius 2 is 0.983 bits per heavy atom. The molecule has 0 aliphatic carbocycles. The summed E-state index contributed by atoms with van der Waals surface area (Å²) in [5.74, 6) is -0.339. The molecule has 0 aromatic heterocycles. The molecule has 8 nitrogen and oxygen atoms in total. The van der Waals surface area contributed by atoms with E-state index < -0.39 is 13.9 Å². The highest BCUT2D eigenvalue weighted by Crippen LogP contribution is 2.38. The third-order valence-corrected chi connectivity index (χ3v) is 11.4. The van der Waals surface area contributed by atoms with Crippen molar-refractivity contribution in [1.29, 1.82) is 0 Å². The number of unbranched alkanes of at least 4 members (excludes halogenated alkanes) is 23. The number of rotatable bonds is 45. The average Bonchev–Trinajstić information content (AvgIpc) is 3.19. The van der Waals surface area contributed by atoms with Gasteiger partial charge >= 0.3 is 5.97 Å². The normalized spacial score (nSPS) is 14.1. The minimum atomic E-state index is -4.53. The second-order valence-electron chi connectivity index (χ2n) is 17.4. The monoisotopic (exact) mass is 852 g/mol. The minimum Gasteiger partial charge on any atom is -0.756 e. The van der Waals surface area contributed by atoms with Crippen molar-refractivity contribution in [3.05, 3.63) is 48.6 Å². The van der Waals surface area contributed by atoms with Gasteiger partial charge in [0, 0.05) is 13.0 Å². The van der Waals surface area contributed by atoms with Crippen molar-refractivity contribution in [2.75, 3.05) is 54.1 Å². The number of phosphoric ester groups is 1. The van der Waals surface area contributed by atoms with Crippen LogP contribution in [-0.4, -0.2) is 70.7 Å². The number of ether oxygens (including phenoxy) is 2. The van der Waals surface area contributed by atoms with E-state index in [9.17, 15) is 14.3 Å². The zero-order chi connectivity index (χ0) is 43.4. The molecule has 0 spiro atoms. The standard InChI is InChI=1S/C50H94NO7P/c1-6-8-10-12-14-16-18-20-22-24-26-27-29-31-33-35-37-39-41-43-50(52)58-49(48-57-59(53,54)56-46-44-51(3,4)5)47-55-45-42-40-38-36-34-32-30-28-25-23-21-19-17-15-13-11-9-7-2/h9,11,15,17,21,23,28,30,49H,6-8,10,12-14,16,18-20,22,24-27,29,31-48H2,1-5H3/b11-9-,17-15-,23-21-,30-28-. The molecule has 0 amide bonds. The summed E-state index contributed by atoms with van der Waals surface area (Å²) in [6.07, 6.45) is 52.7. The lowest BCUT2D eigenvalue weighted by Gasteiger charge is -2.28. The topological polar surface area (TPSA) is 94.1 Å². The quantitative estimate of drug-likeness (QED) is 0.0198. The molecule has 0 aliphatic rings. The Hall–Kier alpha value is -1.54. The molecule has 0 heterocycles. The molecule has 9 heteroatoms. The van der Waals surface area contributed by atoms with Crippen LogP contribution >= 0.6 is 7.82 Å². The fourth-order valence-electron chi connectivity index (χ4n) is 6.66. The van der Waals surface area contributed by atoms with E-state index in [1.54, 1.807) is 0 Å². The lowest BCUT2D eigenvalue weighted by molar-refractivity contribution is -0.870. The molecule has 0 radical (unpaired) electrons. The Balaban J connectivity index is 4.19. The number of phosphoric acid groups is 1. The lowest BCUT2D eigenvalue weighted by Crippen LogP contribution is -2.37. The van der Waals surface area contributed by atoms with E-state index in [-0.39, 0.29) is 25.8 Å². The van der Waals surface area contributed by atoms with Crippen LogP contribution in [0.3, 0.4) is 0 Å². The zero-order valence-corrected chi connectivity index (χ0v) is 40.1. The van der Waals surface area contributed by atoms with Crippen LogP contribution in [0, 0.1) is 0 Å². The van der Waals surface area contributed by atoms with Gasteiger partial charge < -0.3 is 27.9 Å². The smallest absolute Gasteiger partial charge is 0.306 e. The summed E-state index contributed by atoms with van der Waals surface area (Å²) in [4.78, 5) is 25.1. The number of quaternary nitrogens is 1. The minimum absolute atomic E-state index is 0.0219. The van der Waals surface area contributed by atoms with Gasteiger partial charge in [-0.05, 0) is 51.4 Å². The van der Waals surface area contributed by atoms with Gasteiger partial charge in [-0.3, -0.25) is 9.36 Å². The number of carbonyl (C=O) groups is 1. The average molecular weight is 852 g/mol. The Morgan fingerprint density at radius 3 is 1.47 bits per heavy atom. The first-order valence-corrected chi connectivity index (χ1v) is 25.8. The molecule has 0 saturated heterocycles. The highest BCUT2D eigenvalue weighted by atomic mass is 31.2. The van der Waals surface area contributed by atoms with E-state index in [1.165, 1.54) is 116 Å². The highest BCUT2D eigenvalue weighted by molar-refractivity contribution is 7.45. The van der Waals surface area contributed by atoms with Crippen LogP contribution in [0.15, 0.2) is 48.6 Å². The molecule has 0 bridgehead atoms. The summed E-state index contributed by atoms with van der Waals surface area (Å²) in [7, 11) is 1.34. The van der Waals surface area contributed by atoms with Gasteiger partial charge in [-0.1, -0.05) is 197 Å². The summed E-state index contributed by atoms with van der Waals surface area (Å²) >= 11 is 0. The summed E-state index contributed by atoms with van der Waals surface area (Å²) in [6, 6.07) is 0. The summed E-state index contributed by atoms with van der Waals surface area (Å²) in [6.45, 7) is 5.28. The van der Waals surface area contributed by atoms with Crippen molar-refractivity contribution in [3.8, 4) is 0 Å². The summed E-state index contributed by atoms with van der Waals surface area (Å²) < 4.78 is 34.7. The molecular formula is C50H94NO7P. The van der Waals surface area contributed by atoms with E-state index in [1.807, 2.05) is 21.1 Å². The Bertz CT molecular complexity index is 1080. The van der Waals surface area contributed by atoms with Gasteiger partial charge in [-0.15, -0.1) is 0 Å². The number of nitrogens with zero attached hydrogens (tertiary/aromatic N) is 1. The first-order valence-electron chi connectivity index (χ1n) is 24.4. The fourth-order valence-corrected chi connectivity index (χ4v) is 7.38. The van der Waals surface area contributed by atoms with E-state index in [2.05, 4.69) is 62.5 Å². The lowest BCUT2D eigenvalue weighted by atomic mass is 10.0. The van der Waals surface area contributed by atoms with Gasteiger partial charge in [-0.2, -0.15) is 0 Å². The van der Waals surface area contributed by atoms with Crippen LogP contribution in [0.2, 0.25) is 0 Å². The van der Waals surface area contributed by atoms with Crippen LogP contribution in [0.4, 0.5) is 0 Å². The third-order valence-electron chi connectivity index (χ3n) is 10.4. The van der Waals surface area contributed by atoms with E-state index in [4.69, 9.17) is 18.5 Å². The second kappa shape index (κ2) is 43.1. The maximum absolute atomic E-state index is 12.7. The molecular weight excluding hydrogens is 758 g/mol. The molecule has 0 aromatic rings. The van der Waals surface area contributed by atoms with E-state index in [0.29, 0.717) is 24.1 Å². The zero-order valence-electron chi connectivity index (χ0n) is 39.2. The largest absolute Gasteiger partial charge is 0.756 e. The van der Waals surface area contributed by atoms with Crippen LogP contribution < -0.4 is 4.89 Å². The number of esters is 1. The van der Waals surface area contributed by atoms with Crippen molar-refractivity contribution in [1.82, 2.24) is 0 Å². The van der Waals surface area contributed by atoms with Crippen LogP contribution in [-0.2, 0) is 27.9 Å². The van der Waals surface area contributed by atoms with Crippen LogP contribution in [0.1, 0.15) is 206 Å². The summed E-state index contributed by atoms with van der Waals surface area (Å²) in [5.41, 5.74) is 0. The predicted octanol–water partition coefficient (Wildman–Crippen LogP) is 14.1. The predicted molar refractivity (Wildman–Crippen MR) is 250 cm³/mol.